The van der Waals surface area contributed by atoms with Crippen LogP contribution < -0.4 is 20.5 Å². The molecule has 0 unspecified atom stereocenters. The second kappa shape index (κ2) is 11.7. The largest absolute Gasteiger partial charge is 0.493 e. The lowest BCUT2D eigenvalue weighted by Crippen LogP contribution is -2.33. The molecule has 0 aliphatic heterocycles. The van der Waals surface area contributed by atoms with Gasteiger partial charge in [0, 0.05) is 25.2 Å². The molecule has 2 aromatic carbocycles. The van der Waals surface area contributed by atoms with E-state index < -0.39 is 0 Å². The summed E-state index contributed by atoms with van der Waals surface area (Å²) in [6, 6.07) is 13.3. The SMILES string of the molecule is CCN(CC)C(=O)c1ccc(CN=C(N)NCCc2ccc(OC)c(OC)c2)cc1. The van der Waals surface area contributed by atoms with Gasteiger partial charge in [-0.15, -0.1) is 0 Å². The van der Waals surface area contributed by atoms with E-state index in [1.54, 1.807) is 19.1 Å². The zero-order valence-corrected chi connectivity index (χ0v) is 18.3. The van der Waals surface area contributed by atoms with Gasteiger partial charge in [0.2, 0.25) is 0 Å². The third kappa shape index (κ3) is 6.40. The summed E-state index contributed by atoms with van der Waals surface area (Å²) in [5.74, 6) is 1.85. The molecule has 2 aromatic rings. The molecule has 162 valence electrons. The second-order valence-corrected chi connectivity index (χ2v) is 6.74. The van der Waals surface area contributed by atoms with Crippen LogP contribution >= 0.6 is 0 Å². The Balaban J connectivity index is 1.84. The van der Waals surface area contributed by atoms with E-state index in [9.17, 15) is 4.79 Å². The Kier molecular flexibility index (Phi) is 9.00. The third-order valence-corrected chi connectivity index (χ3v) is 4.85. The number of carbonyl (C=O) groups excluding carboxylic acids is 1. The fourth-order valence-corrected chi connectivity index (χ4v) is 3.05. The van der Waals surface area contributed by atoms with Crippen LogP contribution in [0.3, 0.4) is 0 Å². The predicted octanol–water partition coefficient (Wildman–Crippen LogP) is 2.83. The Labute approximate surface area is 178 Å². The summed E-state index contributed by atoms with van der Waals surface area (Å²) in [6.07, 6.45) is 0.777. The van der Waals surface area contributed by atoms with E-state index in [1.807, 2.05) is 56.3 Å². The molecule has 2 rings (SSSR count). The highest BCUT2D eigenvalue weighted by atomic mass is 16.5. The Hall–Kier alpha value is -3.22. The average molecular weight is 413 g/mol. The number of ether oxygens (including phenoxy) is 2. The molecule has 3 N–H and O–H groups in total. The van der Waals surface area contributed by atoms with Crippen LogP contribution in [0.25, 0.3) is 0 Å². The number of amides is 1. The van der Waals surface area contributed by atoms with Gasteiger partial charge >= 0.3 is 0 Å². The fourth-order valence-electron chi connectivity index (χ4n) is 3.05. The summed E-state index contributed by atoms with van der Waals surface area (Å²) < 4.78 is 10.6. The van der Waals surface area contributed by atoms with Crippen LogP contribution in [0, 0.1) is 0 Å². The van der Waals surface area contributed by atoms with E-state index in [0.717, 1.165) is 17.5 Å². The van der Waals surface area contributed by atoms with Gasteiger partial charge in [0.25, 0.3) is 5.91 Å². The van der Waals surface area contributed by atoms with Gasteiger partial charge in [0.05, 0.1) is 20.8 Å². The van der Waals surface area contributed by atoms with Crippen LogP contribution in [0.2, 0.25) is 0 Å². The molecule has 0 heterocycles. The molecule has 1 amide bonds. The highest BCUT2D eigenvalue weighted by molar-refractivity contribution is 5.94. The van der Waals surface area contributed by atoms with Crippen LogP contribution in [0.4, 0.5) is 0 Å². The molecule has 0 saturated carbocycles. The topological polar surface area (TPSA) is 89.2 Å². The Morgan fingerprint density at radius 3 is 2.23 bits per heavy atom. The maximum absolute atomic E-state index is 12.3. The molecular weight excluding hydrogens is 380 g/mol. The van der Waals surface area contributed by atoms with Gasteiger partial charge in [-0.3, -0.25) is 4.79 Å². The Bertz CT molecular complexity index is 846. The molecule has 0 aromatic heterocycles. The van der Waals surface area contributed by atoms with Gasteiger partial charge in [0.1, 0.15) is 0 Å². The molecule has 0 atom stereocenters. The van der Waals surface area contributed by atoms with Crippen molar-refractivity contribution < 1.29 is 14.3 Å². The molecule has 30 heavy (non-hydrogen) atoms. The van der Waals surface area contributed by atoms with Gasteiger partial charge in [-0.2, -0.15) is 0 Å². The minimum Gasteiger partial charge on any atom is -0.493 e. The minimum absolute atomic E-state index is 0.0476. The number of nitrogens with two attached hydrogens (primary N) is 1. The van der Waals surface area contributed by atoms with E-state index in [1.165, 1.54) is 0 Å². The lowest BCUT2D eigenvalue weighted by atomic mass is 10.1. The highest BCUT2D eigenvalue weighted by Gasteiger charge is 2.11. The van der Waals surface area contributed by atoms with Gasteiger partial charge in [0.15, 0.2) is 17.5 Å². The van der Waals surface area contributed by atoms with E-state index in [4.69, 9.17) is 15.2 Å². The van der Waals surface area contributed by atoms with Crippen molar-refractivity contribution in [2.45, 2.75) is 26.8 Å². The third-order valence-electron chi connectivity index (χ3n) is 4.85. The number of rotatable bonds is 10. The van der Waals surface area contributed by atoms with Gasteiger partial charge in [-0.05, 0) is 55.7 Å². The normalized spacial score (nSPS) is 11.1. The van der Waals surface area contributed by atoms with Crippen molar-refractivity contribution in [3.63, 3.8) is 0 Å². The summed E-state index contributed by atoms with van der Waals surface area (Å²) >= 11 is 0. The Morgan fingerprint density at radius 2 is 1.63 bits per heavy atom. The summed E-state index contributed by atoms with van der Waals surface area (Å²) in [5, 5.41) is 3.12. The monoisotopic (exact) mass is 412 g/mol. The van der Waals surface area contributed by atoms with Gasteiger partial charge in [-0.25, -0.2) is 4.99 Å². The molecule has 0 saturated heterocycles. The van der Waals surface area contributed by atoms with Crippen molar-refractivity contribution in [3.8, 4) is 11.5 Å². The van der Waals surface area contributed by atoms with Crippen molar-refractivity contribution in [2.75, 3.05) is 33.9 Å². The smallest absolute Gasteiger partial charge is 0.253 e. The predicted molar refractivity (Wildman–Crippen MR) is 120 cm³/mol. The number of guanidine groups is 1. The second-order valence-electron chi connectivity index (χ2n) is 6.74. The molecule has 0 aliphatic rings. The standard InChI is InChI=1S/C23H32N4O3/c1-5-27(6-2)22(28)19-10-7-18(8-11-19)16-26-23(24)25-14-13-17-9-12-20(29-3)21(15-17)30-4/h7-12,15H,5-6,13-14,16H2,1-4H3,(H3,24,25,26). The van der Waals surface area contributed by atoms with Crippen molar-refractivity contribution >= 4 is 11.9 Å². The summed E-state index contributed by atoms with van der Waals surface area (Å²) in [4.78, 5) is 18.5. The first kappa shape index (κ1) is 23.1. The van der Waals surface area contributed by atoms with Crippen LogP contribution in [-0.2, 0) is 13.0 Å². The average Bonchev–Trinajstić information content (AvgIpc) is 2.78. The Morgan fingerprint density at radius 1 is 1.00 bits per heavy atom. The molecule has 0 fully saturated rings. The summed E-state index contributed by atoms with van der Waals surface area (Å²) in [6.45, 7) is 6.47. The molecule has 7 heteroatoms. The highest BCUT2D eigenvalue weighted by Crippen LogP contribution is 2.27. The first-order valence-electron chi connectivity index (χ1n) is 10.1. The molecule has 7 nitrogen and oxygen atoms in total. The van der Waals surface area contributed by atoms with Crippen LogP contribution in [0.5, 0.6) is 11.5 Å². The van der Waals surface area contributed by atoms with E-state index in [0.29, 0.717) is 49.2 Å². The molecular formula is C23H32N4O3. The zero-order valence-electron chi connectivity index (χ0n) is 18.3. The van der Waals surface area contributed by atoms with Crippen LogP contribution in [0.15, 0.2) is 47.5 Å². The number of methoxy groups -OCH3 is 2. The lowest BCUT2D eigenvalue weighted by molar-refractivity contribution is 0.0773. The molecule has 0 aliphatic carbocycles. The maximum atomic E-state index is 12.3. The van der Waals surface area contributed by atoms with Gasteiger partial charge < -0.3 is 25.4 Å². The number of benzene rings is 2. The number of hydrogen-bond acceptors (Lipinski definition) is 4. The lowest BCUT2D eigenvalue weighted by Gasteiger charge is -2.18. The number of nitrogens with zero attached hydrogens (tertiary/aromatic N) is 2. The fraction of sp³-hybridized carbons (Fsp3) is 0.391. The quantitative estimate of drug-likeness (QED) is 0.463. The molecule has 0 spiro atoms. The number of hydrogen-bond donors (Lipinski definition) is 2. The van der Waals surface area contributed by atoms with Crippen LogP contribution in [-0.4, -0.2) is 50.6 Å². The van der Waals surface area contributed by atoms with E-state index in [2.05, 4.69) is 10.3 Å². The zero-order chi connectivity index (χ0) is 21.9. The number of nitrogens with one attached hydrogen (secondary N) is 1. The molecule has 0 radical (unpaired) electrons. The van der Waals surface area contributed by atoms with Crippen molar-refractivity contribution in [3.05, 3.63) is 59.2 Å². The van der Waals surface area contributed by atoms with Crippen molar-refractivity contribution in [1.82, 2.24) is 10.2 Å². The first-order chi connectivity index (χ1) is 14.5. The molecule has 0 bridgehead atoms. The van der Waals surface area contributed by atoms with E-state index >= 15 is 0 Å². The van der Waals surface area contributed by atoms with Crippen molar-refractivity contribution in [1.29, 1.82) is 0 Å². The minimum atomic E-state index is 0.0476. The van der Waals surface area contributed by atoms with Gasteiger partial charge in [-0.1, -0.05) is 18.2 Å². The first-order valence-corrected chi connectivity index (χ1v) is 10.1. The summed E-state index contributed by atoms with van der Waals surface area (Å²) in [7, 11) is 3.24. The van der Waals surface area contributed by atoms with Crippen LogP contribution in [0.1, 0.15) is 35.3 Å². The number of aliphatic imine (C=N–C) groups is 1. The van der Waals surface area contributed by atoms with E-state index in [-0.39, 0.29) is 5.91 Å². The maximum Gasteiger partial charge on any atom is 0.253 e. The summed E-state index contributed by atoms with van der Waals surface area (Å²) in [5.41, 5.74) is 8.77. The van der Waals surface area contributed by atoms with Crippen molar-refractivity contribution in [2.24, 2.45) is 10.7 Å². The number of carbonyl (C=O) groups is 1.